The molecule has 0 amide bonds. The fourth-order valence-electron chi connectivity index (χ4n) is 1.25. The summed E-state index contributed by atoms with van der Waals surface area (Å²) in [6, 6.07) is 0.932. The number of nitrogens with zero attached hydrogens (tertiary/aromatic N) is 3. The Hall–Kier alpha value is -1.61. The van der Waals surface area contributed by atoms with Gasteiger partial charge in [0.15, 0.2) is 5.03 Å². The van der Waals surface area contributed by atoms with E-state index in [1.54, 1.807) is 6.92 Å². The predicted molar refractivity (Wildman–Crippen MR) is 61.0 cm³/mol. The van der Waals surface area contributed by atoms with Gasteiger partial charge in [0.1, 0.15) is 5.84 Å². The second-order valence-corrected chi connectivity index (χ2v) is 5.55. The highest BCUT2D eigenvalue weighted by atomic mass is 32.2. The minimum absolute atomic E-state index is 0.00589. The number of amidine groups is 1. The molecule has 0 radical (unpaired) electrons. The van der Waals surface area contributed by atoms with Gasteiger partial charge in [-0.05, 0) is 13.0 Å². The molecule has 1 aromatic rings. The van der Waals surface area contributed by atoms with Crippen LogP contribution in [0.5, 0.6) is 0 Å². The summed E-state index contributed by atoms with van der Waals surface area (Å²) in [6.45, 7) is 1.66. The lowest BCUT2D eigenvalue weighted by atomic mass is 10.2. The molecule has 1 aromatic heterocycles. The van der Waals surface area contributed by atoms with Gasteiger partial charge in [0.2, 0.25) is 0 Å². The Morgan fingerprint density at radius 1 is 1.76 bits per heavy atom. The van der Waals surface area contributed by atoms with Gasteiger partial charge in [-0.3, -0.25) is 5.10 Å². The molecule has 0 saturated carbocycles. The summed E-state index contributed by atoms with van der Waals surface area (Å²) >= 11 is 0. The van der Waals surface area contributed by atoms with Crippen LogP contribution in [0.3, 0.4) is 0 Å². The maximum atomic E-state index is 12.0. The van der Waals surface area contributed by atoms with Crippen molar-refractivity contribution in [3.8, 4) is 0 Å². The SMILES string of the molecule is CC(CC(N)=NO)N(C)S(=O)(=O)c1ccn[nH]1. The molecule has 0 bridgehead atoms. The first-order chi connectivity index (χ1) is 7.89. The molecule has 96 valence electrons. The number of hydrogen-bond acceptors (Lipinski definition) is 5. The highest BCUT2D eigenvalue weighted by Gasteiger charge is 2.26. The third-order valence-corrected chi connectivity index (χ3v) is 4.29. The summed E-state index contributed by atoms with van der Waals surface area (Å²) in [5.41, 5.74) is 5.33. The average molecular weight is 261 g/mol. The Balaban J connectivity index is 2.86. The van der Waals surface area contributed by atoms with Gasteiger partial charge < -0.3 is 10.9 Å². The van der Waals surface area contributed by atoms with Crippen molar-refractivity contribution in [3.63, 3.8) is 0 Å². The van der Waals surface area contributed by atoms with Gasteiger partial charge >= 0.3 is 0 Å². The van der Waals surface area contributed by atoms with Crippen molar-refractivity contribution in [3.05, 3.63) is 12.3 Å². The Bertz CT molecular complexity index is 481. The number of sulfonamides is 1. The molecule has 1 rings (SSSR count). The van der Waals surface area contributed by atoms with Crippen LogP contribution in [0.1, 0.15) is 13.3 Å². The summed E-state index contributed by atoms with van der Waals surface area (Å²) in [5.74, 6) is -0.0239. The number of H-pyrrole nitrogens is 1. The predicted octanol–water partition coefficient (Wildman–Crippen LogP) is -0.445. The van der Waals surface area contributed by atoms with Crippen LogP contribution in [0, 0.1) is 0 Å². The second-order valence-electron chi connectivity index (χ2n) is 3.59. The van der Waals surface area contributed by atoms with Crippen LogP contribution < -0.4 is 5.73 Å². The zero-order chi connectivity index (χ0) is 13.1. The fraction of sp³-hybridized carbons (Fsp3) is 0.500. The first-order valence-corrected chi connectivity index (χ1v) is 6.27. The van der Waals surface area contributed by atoms with Gasteiger partial charge in [0, 0.05) is 19.5 Å². The van der Waals surface area contributed by atoms with E-state index in [0.717, 1.165) is 4.31 Å². The molecule has 17 heavy (non-hydrogen) atoms. The summed E-state index contributed by atoms with van der Waals surface area (Å²) in [5, 5.41) is 17.2. The van der Waals surface area contributed by atoms with Crippen molar-refractivity contribution < 1.29 is 13.6 Å². The molecular weight excluding hydrogens is 246 g/mol. The van der Waals surface area contributed by atoms with Crippen molar-refractivity contribution in [2.75, 3.05) is 7.05 Å². The van der Waals surface area contributed by atoms with E-state index in [-0.39, 0.29) is 17.3 Å². The minimum Gasteiger partial charge on any atom is -0.409 e. The van der Waals surface area contributed by atoms with E-state index in [9.17, 15) is 8.42 Å². The number of oxime groups is 1. The number of aromatic nitrogens is 2. The number of aromatic amines is 1. The highest BCUT2D eigenvalue weighted by molar-refractivity contribution is 7.89. The van der Waals surface area contributed by atoms with Crippen LogP contribution in [-0.2, 0) is 10.0 Å². The zero-order valence-electron chi connectivity index (χ0n) is 9.53. The van der Waals surface area contributed by atoms with E-state index in [1.807, 2.05) is 0 Å². The number of hydrogen-bond donors (Lipinski definition) is 3. The average Bonchev–Trinajstić information content (AvgIpc) is 2.81. The fourth-order valence-corrected chi connectivity index (χ4v) is 2.51. The first kappa shape index (κ1) is 13.5. The summed E-state index contributed by atoms with van der Waals surface area (Å²) < 4.78 is 25.2. The molecule has 1 atom stereocenters. The molecule has 4 N–H and O–H groups in total. The summed E-state index contributed by atoms with van der Waals surface area (Å²) in [6.07, 6.45) is 1.50. The van der Waals surface area contributed by atoms with Gasteiger partial charge in [0.05, 0.1) is 6.20 Å². The third-order valence-electron chi connectivity index (χ3n) is 2.39. The van der Waals surface area contributed by atoms with Gasteiger partial charge in [0.25, 0.3) is 10.0 Å². The van der Waals surface area contributed by atoms with Crippen molar-refractivity contribution in [1.29, 1.82) is 0 Å². The van der Waals surface area contributed by atoms with Crippen LogP contribution in [0.2, 0.25) is 0 Å². The van der Waals surface area contributed by atoms with Crippen molar-refractivity contribution in [1.82, 2.24) is 14.5 Å². The van der Waals surface area contributed by atoms with Gasteiger partial charge in [-0.25, -0.2) is 8.42 Å². The Morgan fingerprint density at radius 3 is 2.88 bits per heavy atom. The number of nitrogens with one attached hydrogen (secondary N) is 1. The smallest absolute Gasteiger partial charge is 0.259 e. The molecule has 9 heteroatoms. The largest absolute Gasteiger partial charge is 0.409 e. The molecule has 0 aliphatic rings. The van der Waals surface area contributed by atoms with Gasteiger partial charge in [-0.15, -0.1) is 0 Å². The molecule has 0 aliphatic heterocycles. The molecule has 0 fully saturated rings. The van der Waals surface area contributed by atoms with Gasteiger partial charge in [-0.1, -0.05) is 5.16 Å². The normalized spacial score (nSPS) is 15.1. The molecule has 0 aromatic carbocycles. The third kappa shape index (κ3) is 2.94. The molecule has 0 spiro atoms. The van der Waals surface area contributed by atoms with E-state index in [2.05, 4.69) is 15.4 Å². The van der Waals surface area contributed by atoms with Crippen LogP contribution >= 0.6 is 0 Å². The molecule has 0 saturated heterocycles. The Labute approximate surface area is 99.2 Å². The topological polar surface area (TPSA) is 125 Å². The highest BCUT2D eigenvalue weighted by Crippen LogP contribution is 2.14. The van der Waals surface area contributed by atoms with E-state index < -0.39 is 16.1 Å². The van der Waals surface area contributed by atoms with E-state index in [1.165, 1.54) is 19.3 Å². The van der Waals surface area contributed by atoms with Gasteiger partial charge in [-0.2, -0.15) is 9.40 Å². The van der Waals surface area contributed by atoms with Crippen LogP contribution in [-0.4, -0.2) is 47.1 Å². The number of nitrogens with two attached hydrogens (primary N) is 1. The first-order valence-electron chi connectivity index (χ1n) is 4.83. The Morgan fingerprint density at radius 2 is 2.41 bits per heavy atom. The van der Waals surface area contributed by atoms with Crippen molar-refractivity contribution in [2.45, 2.75) is 24.4 Å². The molecule has 1 heterocycles. The minimum atomic E-state index is -3.63. The lowest BCUT2D eigenvalue weighted by Gasteiger charge is -2.22. The second kappa shape index (κ2) is 5.15. The maximum Gasteiger partial charge on any atom is 0.259 e. The maximum absolute atomic E-state index is 12.0. The Kier molecular flexibility index (Phi) is 4.07. The zero-order valence-corrected chi connectivity index (χ0v) is 10.3. The molecular formula is C8H15N5O3S. The van der Waals surface area contributed by atoms with Crippen molar-refractivity contribution in [2.24, 2.45) is 10.9 Å². The van der Waals surface area contributed by atoms with Crippen LogP contribution in [0.25, 0.3) is 0 Å². The quantitative estimate of drug-likeness (QED) is 0.287. The summed E-state index contributed by atoms with van der Waals surface area (Å²) in [7, 11) is -2.20. The van der Waals surface area contributed by atoms with Crippen LogP contribution in [0.15, 0.2) is 22.4 Å². The molecule has 0 aliphatic carbocycles. The molecule has 1 unspecified atom stereocenters. The lowest BCUT2D eigenvalue weighted by molar-refractivity contribution is 0.313. The standard InChI is InChI=1S/C8H15N5O3S/c1-6(5-7(9)12-14)13(2)17(15,16)8-3-4-10-11-8/h3-4,6,14H,5H2,1-2H3,(H2,9,12)(H,10,11). The number of rotatable bonds is 5. The van der Waals surface area contributed by atoms with E-state index >= 15 is 0 Å². The lowest BCUT2D eigenvalue weighted by Crippen LogP contribution is -2.37. The van der Waals surface area contributed by atoms with E-state index in [4.69, 9.17) is 10.9 Å². The monoisotopic (exact) mass is 261 g/mol. The van der Waals surface area contributed by atoms with Crippen LogP contribution in [0.4, 0.5) is 0 Å². The van der Waals surface area contributed by atoms with E-state index in [0.29, 0.717) is 0 Å². The van der Waals surface area contributed by atoms with Crippen molar-refractivity contribution >= 4 is 15.9 Å². The molecule has 8 nitrogen and oxygen atoms in total. The summed E-state index contributed by atoms with van der Waals surface area (Å²) in [4.78, 5) is 0.